The quantitative estimate of drug-likeness (QED) is 0.907. The molecule has 7 heteroatoms. The summed E-state index contributed by atoms with van der Waals surface area (Å²) in [5.41, 5.74) is 6.94. The molecule has 0 unspecified atom stereocenters. The standard InChI is InChI=1S/C18H22N4O2.ClH/c1-21(2)18(23)24-17-6-5-15-13-22(11-3-4-14(15)12-17)20-16-7-9-19-10-8-16;/h5-10,12H,3-4,11,13H2,1-2H3,(H,19,20);1H. The lowest BCUT2D eigenvalue weighted by Gasteiger charge is -2.22. The molecule has 134 valence electrons. The predicted molar refractivity (Wildman–Crippen MR) is 100.0 cm³/mol. The Morgan fingerprint density at radius 2 is 1.96 bits per heavy atom. The lowest BCUT2D eigenvalue weighted by molar-refractivity contribution is 0.172. The lowest BCUT2D eigenvalue weighted by Crippen LogP contribution is -2.29. The molecule has 25 heavy (non-hydrogen) atoms. The number of benzene rings is 1. The van der Waals surface area contributed by atoms with Crippen LogP contribution in [-0.4, -0.2) is 41.6 Å². The summed E-state index contributed by atoms with van der Waals surface area (Å²) in [5, 5.41) is 2.20. The van der Waals surface area contributed by atoms with E-state index < -0.39 is 0 Å². The molecular weight excluding hydrogens is 340 g/mol. The van der Waals surface area contributed by atoms with Crippen LogP contribution >= 0.6 is 12.4 Å². The van der Waals surface area contributed by atoms with E-state index in [1.54, 1.807) is 26.5 Å². The first-order valence-electron chi connectivity index (χ1n) is 8.04. The second kappa shape index (κ2) is 8.69. The smallest absolute Gasteiger partial charge is 0.410 e. The van der Waals surface area contributed by atoms with Crippen molar-refractivity contribution in [1.82, 2.24) is 14.9 Å². The maximum Gasteiger partial charge on any atom is 0.414 e. The van der Waals surface area contributed by atoms with Gasteiger partial charge in [0.2, 0.25) is 0 Å². The number of rotatable bonds is 3. The Morgan fingerprint density at radius 3 is 2.68 bits per heavy atom. The zero-order valence-electron chi connectivity index (χ0n) is 14.4. The van der Waals surface area contributed by atoms with Gasteiger partial charge in [-0.05, 0) is 48.2 Å². The molecule has 3 rings (SSSR count). The van der Waals surface area contributed by atoms with Crippen molar-refractivity contribution >= 4 is 24.2 Å². The Bertz CT molecular complexity index is 709. The van der Waals surface area contributed by atoms with Gasteiger partial charge in [-0.1, -0.05) is 6.07 Å². The number of amides is 1. The van der Waals surface area contributed by atoms with Crippen molar-refractivity contribution in [3.05, 3.63) is 53.9 Å². The molecular formula is C18H23ClN4O2. The van der Waals surface area contributed by atoms with Crippen molar-refractivity contribution in [3.8, 4) is 5.75 Å². The number of pyridine rings is 1. The molecule has 0 saturated heterocycles. The van der Waals surface area contributed by atoms with Crippen molar-refractivity contribution in [2.24, 2.45) is 0 Å². The Morgan fingerprint density at radius 1 is 1.20 bits per heavy atom. The predicted octanol–water partition coefficient (Wildman–Crippen LogP) is 3.34. The molecule has 0 atom stereocenters. The number of nitrogens with one attached hydrogen (secondary N) is 1. The zero-order valence-corrected chi connectivity index (χ0v) is 15.3. The molecule has 6 nitrogen and oxygen atoms in total. The van der Waals surface area contributed by atoms with E-state index in [2.05, 4.69) is 15.4 Å². The molecule has 0 radical (unpaired) electrons. The molecule has 0 aliphatic carbocycles. The van der Waals surface area contributed by atoms with Crippen LogP contribution in [0.15, 0.2) is 42.7 Å². The van der Waals surface area contributed by atoms with E-state index in [0.717, 1.165) is 31.6 Å². The minimum absolute atomic E-state index is 0. The van der Waals surface area contributed by atoms with Crippen LogP contribution in [0.3, 0.4) is 0 Å². The number of carbonyl (C=O) groups excluding carboxylic acids is 1. The molecule has 0 bridgehead atoms. The summed E-state index contributed by atoms with van der Waals surface area (Å²) in [7, 11) is 3.35. The Hall–Kier alpha value is -2.31. The van der Waals surface area contributed by atoms with E-state index in [9.17, 15) is 4.79 Å². The van der Waals surface area contributed by atoms with Gasteiger partial charge in [-0.15, -0.1) is 12.4 Å². The van der Waals surface area contributed by atoms with E-state index in [-0.39, 0.29) is 18.5 Å². The summed E-state index contributed by atoms with van der Waals surface area (Å²) >= 11 is 0. The third-order valence-electron chi connectivity index (χ3n) is 3.95. The number of hydrazine groups is 1. The Balaban J connectivity index is 0.00000225. The molecule has 2 aromatic rings. The van der Waals surface area contributed by atoms with E-state index in [4.69, 9.17) is 4.74 Å². The average Bonchev–Trinajstić information content (AvgIpc) is 2.77. The summed E-state index contributed by atoms with van der Waals surface area (Å²) in [5.74, 6) is 0.600. The minimum Gasteiger partial charge on any atom is -0.410 e. The van der Waals surface area contributed by atoms with E-state index >= 15 is 0 Å². The SMILES string of the molecule is CN(C)C(=O)Oc1ccc2c(c1)CCCN(Nc1ccncc1)C2.Cl. The summed E-state index contributed by atoms with van der Waals surface area (Å²) < 4.78 is 5.36. The number of aromatic nitrogens is 1. The molecule has 0 saturated carbocycles. The van der Waals surface area contributed by atoms with Gasteiger partial charge in [-0.2, -0.15) is 0 Å². The highest BCUT2D eigenvalue weighted by Crippen LogP contribution is 2.24. The number of fused-ring (bicyclic) bond motifs is 1. The van der Waals surface area contributed by atoms with Crippen LogP contribution in [-0.2, 0) is 13.0 Å². The molecule has 1 N–H and O–H groups in total. The fraction of sp³-hybridized carbons (Fsp3) is 0.333. The van der Waals surface area contributed by atoms with Gasteiger partial charge in [0, 0.05) is 39.6 Å². The highest BCUT2D eigenvalue weighted by molar-refractivity contribution is 5.85. The Kier molecular flexibility index (Phi) is 6.61. The number of nitrogens with zero attached hydrogens (tertiary/aromatic N) is 3. The maximum atomic E-state index is 11.7. The molecule has 1 aliphatic rings. The van der Waals surface area contributed by atoms with Crippen LogP contribution in [0.1, 0.15) is 17.5 Å². The van der Waals surface area contributed by atoms with Crippen LogP contribution in [0.25, 0.3) is 0 Å². The number of anilines is 1. The minimum atomic E-state index is -0.357. The number of halogens is 1. The highest BCUT2D eigenvalue weighted by Gasteiger charge is 2.16. The van der Waals surface area contributed by atoms with Crippen LogP contribution in [0, 0.1) is 0 Å². The van der Waals surface area contributed by atoms with Gasteiger partial charge in [0.25, 0.3) is 0 Å². The number of carbonyl (C=O) groups is 1. The summed E-state index contributed by atoms with van der Waals surface area (Å²) in [6, 6.07) is 9.79. The molecule has 2 heterocycles. The normalized spacial score (nSPS) is 13.8. The van der Waals surface area contributed by atoms with Crippen molar-refractivity contribution < 1.29 is 9.53 Å². The van der Waals surface area contributed by atoms with E-state index in [1.807, 2.05) is 30.3 Å². The monoisotopic (exact) mass is 362 g/mol. The van der Waals surface area contributed by atoms with Crippen molar-refractivity contribution in [2.75, 3.05) is 26.1 Å². The van der Waals surface area contributed by atoms with Gasteiger partial charge in [0.1, 0.15) is 5.75 Å². The van der Waals surface area contributed by atoms with Crippen molar-refractivity contribution in [1.29, 1.82) is 0 Å². The van der Waals surface area contributed by atoms with Gasteiger partial charge in [0.05, 0.1) is 5.69 Å². The fourth-order valence-electron chi connectivity index (χ4n) is 2.69. The number of hydrogen-bond donors (Lipinski definition) is 1. The topological polar surface area (TPSA) is 57.7 Å². The first-order valence-corrected chi connectivity index (χ1v) is 8.04. The van der Waals surface area contributed by atoms with Gasteiger partial charge in [-0.3, -0.25) is 4.98 Å². The van der Waals surface area contributed by atoms with Gasteiger partial charge in [0.15, 0.2) is 0 Å². The summed E-state index contributed by atoms with van der Waals surface area (Å²) in [6.45, 7) is 1.75. The molecule has 1 aromatic carbocycles. The number of ether oxygens (including phenoxy) is 1. The molecule has 1 aromatic heterocycles. The van der Waals surface area contributed by atoms with Crippen LogP contribution in [0.5, 0.6) is 5.75 Å². The second-order valence-corrected chi connectivity index (χ2v) is 6.07. The summed E-state index contributed by atoms with van der Waals surface area (Å²) in [6.07, 6.45) is 5.20. The first-order chi connectivity index (χ1) is 11.6. The lowest BCUT2D eigenvalue weighted by atomic mass is 10.0. The fourth-order valence-corrected chi connectivity index (χ4v) is 2.69. The Labute approximate surface area is 154 Å². The zero-order chi connectivity index (χ0) is 16.9. The van der Waals surface area contributed by atoms with Gasteiger partial charge in [-0.25, -0.2) is 9.80 Å². The van der Waals surface area contributed by atoms with Gasteiger partial charge < -0.3 is 15.1 Å². The van der Waals surface area contributed by atoms with Gasteiger partial charge >= 0.3 is 6.09 Å². The molecule has 0 spiro atoms. The van der Waals surface area contributed by atoms with E-state index in [1.165, 1.54) is 16.0 Å². The van der Waals surface area contributed by atoms with Crippen molar-refractivity contribution in [2.45, 2.75) is 19.4 Å². The second-order valence-electron chi connectivity index (χ2n) is 6.07. The molecule has 1 amide bonds. The van der Waals surface area contributed by atoms with Crippen LogP contribution < -0.4 is 10.2 Å². The maximum absolute atomic E-state index is 11.7. The molecule has 1 aliphatic heterocycles. The van der Waals surface area contributed by atoms with Crippen LogP contribution in [0.4, 0.5) is 10.5 Å². The largest absolute Gasteiger partial charge is 0.414 e. The summed E-state index contributed by atoms with van der Waals surface area (Å²) in [4.78, 5) is 17.1. The van der Waals surface area contributed by atoms with Crippen molar-refractivity contribution in [3.63, 3.8) is 0 Å². The average molecular weight is 363 g/mol. The first kappa shape index (κ1) is 19.0. The third kappa shape index (κ3) is 5.08. The number of hydrogen-bond acceptors (Lipinski definition) is 5. The highest BCUT2D eigenvalue weighted by atomic mass is 35.5. The van der Waals surface area contributed by atoms with E-state index in [0.29, 0.717) is 5.75 Å². The van der Waals surface area contributed by atoms with Crippen LogP contribution in [0.2, 0.25) is 0 Å². The third-order valence-corrected chi connectivity index (χ3v) is 3.95. The number of aryl methyl sites for hydroxylation is 1. The molecule has 0 fully saturated rings.